The number of carbonyl (C=O) groups is 1. The van der Waals surface area contributed by atoms with E-state index in [1.807, 2.05) is 54.4 Å². The molecule has 130 valence electrons. The van der Waals surface area contributed by atoms with Crippen molar-refractivity contribution < 1.29 is 9.18 Å². The number of benzene rings is 1. The largest absolute Gasteiger partial charge is 0.322 e. The van der Waals surface area contributed by atoms with E-state index in [9.17, 15) is 9.18 Å². The van der Waals surface area contributed by atoms with Crippen LogP contribution in [0.4, 0.5) is 4.39 Å². The summed E-state index contributed by atoms with van der Waals surface area (Å²) in [6, 6.07) is 12.0. The van der Waals surface area contributed by atoms with Gasteiger partial charge in [-0.15, -0.1) is 11.3 Å². The Balaban J connectivity index is 1.89. The Kier molecular flexibility index (Phi) is 4.05. The predicted octanol–water partition coefficient (Wildman–Crippen LogP) is 4.85. The van der Waals surface area contributed by atoms with Gasteiger partial charge in [0.25, 0.3) is 5.91 Å². The smallest absolute Gasteiger partial charge is 0.290 e. The van der Waals surface area contributed by atoms with Crippen LogP contribution in [0.1, 0.15) is 21.1 Å². The molecular formula is C20H16FN3OS. The molecule has 26 heavy (non-hydrogen) atoms. The van der Waals surface area contributed by atoms with Crippen LogP contribution in [-0.2, 0) is 0 Å². The van der Waals surface area contributed by atoms with E-state index in [-0.39, 0.29) is 11.7 Å². The highest BCUT2D eigenvalue weighted by Gasteiger charge is 2.23. The molecule has 0 spiro atoms. The van der Waals surface area contributed by atoms with Crippen LogP contribution in [-0.4, -0.2) is 20.3 Å². The van der Waals surface area contributed by atoms with E-state index in [0.29, 0.717) is 4.88 Å². The number of thiophene rings is 1. The SMILES string of the molecule is Cc1cc(C)n(C(=O)c2scc(-c3ccc(F)cc3)c2-n2cccc2)n1. The summed E-state index contributed by atoms with van der Waals surface area (Å²) in [6.45, 7) is 3.73. The minimum atomic E-state index is -0.287. The molecule has 6 heteroatoms. The fourth-order valence-corrected chi connectivity index (χ4v) is 4.01. The molecule has 1 aromatic carbocycles. The Bertz CT molecular complexity index is 1080. The van der Waals surface area contributed by atoms with E-state index in [4.69, 9.17) is 0 Å². The molecule has 0 saturated heterocycles. The summed E-state index contributed by atoms with van der Waals surface area (Å²) in [4.78, 5) is 13.7. The number of aromatic nitrogens is 3. The van der Waals surface area contributed by atoms with Crippen molar-refractivity contribution in [3.63, 3.8) is 0 Å². The average molecular weight is 365 g/mol. The maximum absolute atomic E-state index is 13.3. The fraction of sp³-hybridized carbons (Fsp3) is 0.100. The van der Waals surface area contributed by atoms with Crippen molar-refractivity contribution in [2.75, 3.05) is 0 Å². The normalized spacial score (nSPS) is 11.0. The Morgan fingerprint density at radius 1 is 1.12 bits per heavy atom. The average Bonchev–Trinajstić information content (AvgIpc) is 3.34. The lowest BCUT2D eigenvalue weighted by Crippen LogP contribution is -2.16. The van der Waals surface area contributed by atoms with Crippen molar-refractivity contribution in [2.45, 2.75) is 13.8 Å². The zero-order chi connectivity index (χ0) is 18.3. The summed E-state index contributed by atoms with van der Waals surface area (Å²) < 4.78 is 16.7. The first-order chi connectivity index (χ1) is 12.5. The number of hydrogen-bond donors (Lipinski definition) is 0. The first-order valence-electron chi connectivity index (χ1n) is 8.13. The van der Waals surface area contributed by atoms with Gasteiger partial charge in [0.2, 0.25) is 0 Å². The van der Waals surface area contributed by atoms with Gasteiger partial charge in [-0.2, -0.15) is 5.10 Å². The van der Waals surface area contributed by atoms with Gasteiger partial charge in [0.15, 0.2) is 0 Å². The summed E-state index contributed by atoms with van der Waals surface area (Å²) in [5, 5.41) is 6.25. The third-order valence-electron chi connectivity index (χ3n) is 4.18. The first kappa shape index (κ1) is 16.5. The number of carbonyl (C=O) groups excluding carboxylic acids is 1. The van der Waals surface area contributed by atoms with Crippen LogP contribution < -0.4 is 0 Å². The van der Waals surface area contributed by atoms with Gasteiger partial charge in [0.1, 0.15) is 10.7 Å². The molecule has 0 unspecified atom stereocenters. The monoisotopic (exact) mass is 365 g/mol. The zero-order valence-corrected chi connectivity index (χ0v) is 15.1. The molecule has 0 saturated carbocycles. The van der Waals surface area contributed by atoms with Gasteiger partial charge < -0.3 is 4.57 Å². The Morgan fingerprint density at radius 3 is 2.42 bits per heavy atom. The van der Waals surface area contributed by atoms with Crippen LogP contribution in [0.5, 0.6) is 0 Å². The maximum atomic E-state index is 13.3. The van der Waals surface area contributed by atoms with Gasteiger partial charge in [0, 0.05) is 29.0 Å². The highest BCUT2D eigenvalue weighted by atomic mass is 32.1. The molecule has 3 heterocycles. The summed E-state index contributed by atoms with van der Waals surface area (Å²) >= 11 is 1.37. The van der Waals surface area contributed by atoms with Crippen molar-refractivity contribution in [2.24, 2.45) is 0 Å². The predicted molar refractivity (Wildman–Crippen MR) is 100 cm³/mol. The molecule has 0 aliphatic heterocycles. The van der Waals surface area contributed by atoms with Gasteiger partial charge in [-0.05, 0) is 49.7 Å². The van der Waals surface area contributed by atoms with E-state index in [1.54, 1.807) is 12.1 Å². The lowest BCUT2D eigenvalue weighted by Gasteiger charge is -2.10. The standard InChI is InChI=1S/C20H16FN3OS/c1-13-11-14(2)24(22-13)20(25)19-18(23-9-3-4-10-23)17(12-26-19)15-5-7-16(21)8-6-15/h3-12H,1-2H3. The molecule has 0 fully saturated rings. The molecule has 4 rings (SSSR count). The van der Waals surface area contributed by atoms with Gasteiger partial charge in [-0.3, -0.25) is 4.79 Å². The van der Waals surface area contributed by atoms with Crippen LogP contribution in [0.15, 0.2) is 60.2 Å². The van der Waals surface area contributed by atoms with Crippen molar-refractivity contribution in [3.8, 4) is 16.8 Å². The van der Waals surface area contributed by atoms with Gasteiger partial charge in [0.05, 0.1) is 11.4 Å². The minimum absolute atomic E-state index is 0.169. The molecule has 0 radical (unpaired) electrons. The number of hydrogen-bond acceptors (Lipinski definition) is 3. The van der Waals surface area contributed by atoms with Crippen molar-refractivity contribution in [1.82, 2.24) is 14.3 Å². The Morgan fingerprint density at radius 2 is 1.81 bits per heavy atom. The second-order valence-electron chi connectivity index (χ2n) is 6.07. The van der Waals surface area contributed by atoms with E-state index in [1.165, 1.54) is 28.2 Å². The van der Waals surface area contributed by atoms with Crippen LogP contribution in [0.2, 0.25) is 0 Å². The van der Waals surface area contributed by atoms with Crippen LogP contribution in [0.25, 0.3) is 16.8 Å². The number of halogens is 1. The van der Waals surface area contributed by atoms with E-state index >= 15 is 0 Å². The van der Waals surface area contributed by atoms with Gasteiger partial charge in [-0.1, -0.05) is 12.1 Å². The van der Waals surface area contributed by atoms with Crippen LogP contribution in [0.3, 0.4) is 0 Å². The van der Waals surface area contributed by atoms with Crippen LogP contribution >= 0.6 is 11.3 Å². The van der Waals surface area contributed by atoms with E-state index in [0.717, 1.165) is 28.2 Å². The zero-order valence-electron chi connectivity index (χ0n) is 14.3. The molecular weight excluding hydrogens is 349 g/mol. The van der Waals surface area contributed by atoms with Crippen molar-refractivity contribution >= 4 is 17.2 Å². The quantitative estimate of drug-likeness (QED) is 0.521. The molecule has 0 bridgehead atoms. The molecule has 4 nitrogen and oxygen atoms in total. The number of nitrogens with zero attached hydrogens (tertiary/aromatic N) is 3. The molecule has 0 amide bonds. The first-order valence-corrected chi connectivity index (χ1v) is 9.01. The Labute approximate surface area is 154 Å². The third-order valence-corrected chi connectivity index (χ3v) is 5.14. The topological polar surface area (TPSA) is 39.8 Å². The van der Waals surface area contributed by atoms with E-state index in [2.05, 4.69) is 5.10 Å². The van der Waals surface area contributed by atoms with E-state index < -0.39 is 0 Å². The molecule has 3 aromatic heterocycles. The molecule has 0 aliphatic carbocycles. The lowest BCUT2D eigenvalue weighted by molar-refractivity contribution is 0.0946. The number of aryl methyl sites for hydroxylation is 2. The highest BCUT2D eigenvalue weighted by molar-refractivity contribution is 7.13. The summed E-state index contributed by atoms with van der Waals surface area (Å²) in [5.41, 5.74) is 4.12. The summed E-state index contributed by atoms with van der Waals surface area (Å²) in [5.74, 6) is -0.455. The second-order valence-corrected chi connectivity index (χ2v) is 6.95. The molecule has 0 aliphatic rings. The fourth-order valence-electron chi connectivity index (χ4n) is 3.01. The molecule has 0 N–H and O–H groups in total. The van der Waals surface area contributed by atoms with Crippen molar-refractivity contribution in [3.05, 3.63) is 82.3 Å². The maximum Gasteiger partial charge on any atom is 0.290 e. The lowest BCUT2D eigenvalue weighted by atomic mass is 10.1. The highest BCUT2D eigenvalue weighted by Crippen LogP contribution is 2.35. The van der Waals surface area contributed by atoms with Crippen LogP contribution in [0, 0.1) is 19.7 Å². The minimum Gasteiger partial charge on any atom is -0.322 e. The van der Waals surface area contributed by atoms with Gasteiger partial charge in [-0.25, -0.2) is 9.07 Å². The van der Waals surface area contributed by atoms with Gasteiger partial charge >= 0.3 is 0 Å². The summed E-state index contributed by atoms with van der Waals surface area (Å²) in [6.07, 6.45) is 3.79. The Hall–Kier alpha value is -2.99. The third kappa shape index (κ3) is 2.78. The molecule has 0 atom stereocenters. The van der Waals surface area contributed by atoms with Crippen molar-refractivity contribution in [1.29, 1.82) is 0 Å². The number of rotatable bonds is 3. The second kappa shape index (κ2) is 6.38. The summed E-state index contributed by atoms with van der Waals surface area (Å²) in [7, 11) is 0. The molecule has 4 aromatic rings.